The number of aromatic nitrogens is 2. The maximum absolute atomic E-state index is 5.57. The van der Waals surface area contributed by atoms with Crippen LogP contribution in [0, 0.1) is 0 Å². The predicted molar refractivity (Wildman–Crippen MR) is 77.1 cm³/mol. The first-order valence-electron chi connectivity index (χ1n) is 7.62. The first kappa shape index (κ1) is 14.5. The van der Waals surface area contributed by atoms with Crippen LogP contribution < -0.4 is 5.32 Å². The van der Waals surface area contributed by atoms with Crippen LogP contribution in [0.5, 0.6) is 0 Å². The van der Waals surface area contributed by atoms with Gasteiger partial charge >= 0.3 is 0 Å². The highest BCUT2D eigenvalue weighted by Crippen LogP contribution is 2.22. The lowest BCUT2D eigenvalue weighted by atomic mass is 10.0. The Morgan fingerprint density at radius 3 is 3.05 bits per heavy atom. The second kappa shape index (κ2) is 7.65. The zero-order valence-corrected chi connectivity index (χ0v) is 12.3. The molecule has 0 aliphatic carbocycles. The van der Waals surface area contributed by atoms with Gasteiger partial charge in [-0.25, -0.2) is 4.98 Å². The summed E-state index contributed by atoms with van der Waals surface area (Å²) in [6.07, 6.45) is 10.5. The summed E-state index contributed by atoms with van der Waals surface area (Å²) in [7, 11) is 0. The van der Waals surface area contributed by atoms with Crippen molar-refractivity contribution in [2.24, 2.45) is 0 Å². The van der Waals surface area contributed by atoms with Gasteiger partial charge in [0.1, 0.15) is 0 Å². The van der Waals surface area contributed by atoms with Crippen LogP contribution in [0.1, 0.15) is 57.7 Å². The number of piperidine rings is 1. The minimum Gasteiger partial charge on any atom is -0.379 e. The van der Waals surface area contributed by atoms with Crippen molar-refractivity contribution in [3.05, 3.63) is 18.2 Å². The van der Waals surface area contributed by atoms with Crippen molar-refractivity contribution >= 4 is 0 Å². The zero-order valence-electron chi connectivity index (χ0n) is 12.3. The van der Waals surface area contributed by atoms with E-state index in [4.69, 9.17) is 4.74 Å². The van der Waals surface area contributed by atoms with Gasteiger partial charge in [-0.2, -0.15) is 0 Å². The quantitative estimate of drug-likeness (QED) is 0.770. The van der Waals surface area contributed by atoms with Crippen LogP contribution in [0.25, 0.3) is 0 Å². The lowest BCUT2D eigenvalue weighted by molar-refractivity contribution is 0.0754. The molecule has 1 aliphatic heterocycles. The number of ether oxygens (including phenoxy) is 1. The molecule has 1 saturated heterocycles. The Bertz CT molecular complexity index is 356. The van der Waals surface area contributed by atoms with Crippen LogP contribution in [-0.2, 0) is 11.3 Å². The third-order valence-corrected chi connectivity index (χ3v) is 3.66. The van der Waals surface area contributed by atoms with Crippen molar-refractivity contribution in [2.75, 3.05) is 13.2 Å². The SMILES string of the molecule is CC(C)OCCCCn1cncc1C1CCCCN1. The van der Waals surface area contributed by atoms with Crippen molar-refractivity contribution in [1.29, 1.82) is 0 Å². The number of hydrogen-bond acceptors (Lipinski definition) is 3. The van der Waals surface area contributed by atoms with E-state index < -0.39 is 0 Å². The summed E-state index contributed by atoms with van der Waals surface area (Å²) >= 11 is 0. The molecule has 1 aliphatic rings. The standard InChI is InChI=1S/C15H27N3O/c1-13(2)19-10-6-5-9-18-12-16-11-15(18)14-7-3-4-8-17-14/h11-14,17H,3-10H2,1-2H3. The second-order valence-corrected chi connectivity index (χ2v) is 5.64. The van der Waals surface area contributed by atoms with Gasteiger partial charge in [0, 0.05) is 25.4 Å². The second-order valence-electron chi connectivity index (χ2n) is 5.64. The molecule has 1 atom stereocenters. The van der Waals surface area contributed by atoms with Gasteiger partial charge in [0.25, 0.3) is 0 Å². The normalized spacial score (nSPS) is 20.1. The minimum absolute atomic E-state index is 0.343. The van der Waals surface area contributed by atoms with Gasteiger partial charge in [-0.05, 0) is 46.1 Å². The molecule has 19 heavy (non-hydrogen) atoms. The molecular weight excluding hydrogens is 238 g/mol. The van der Waals surface area contributed by atoms with Crippen molar-refractivity contribution in [2.45, 2.75) is 64.6 Å². The molecule has 1 N–H and O–H groups in total. The molecule has 108 valence electrons. The van der Waals surface area contributed by atoms with E-state index in [2.05, 4.69) is 28.7 Å². The maximum atomic E-state index is 5.57. The number of rotatable bonds is 7. The molecule has 0 spiro atoms. The average Bonchev–Trinajstić information content (AvgIpc) is 2.87. The van der Waals surface area contributed by atoms with Crippen molar-refractivity contribution in [3.8, 4) is 0 Å². The predicted octanol–water partition coefficient (Wildman–Crippen LogP) is 2.90. The summed E-state index contributed by atoms with van der Waals surface area (Å²) in [5.74, 6) is 0. The Hall–Kier alpha value is -0.870. The van der Waals surface area contributed by atoms with E-state index in [0.29, 0.717) is 12.1 Å². The molecule has 0 bridgehead atoms. The van der Waals surface area contributed by atoms with Crippen LogP contribution in [0.3, 0.4) is 0 Å². The Labute approximate surface area is 116 Å². The highest BCUT2D eigenvalue weighted by Gasteiger charge is 2.17. The van der Waals surface area contributed by atoms with E-state index in [-0.39, 0.29) is 0 Å². The topological polar surface area (TPSA) is 39.1 Å². The van der Waals surface area contributed by atoms with Crippen molar-refractivity contribution in [3.63, 3.8) is 0 Å². The van der Waals surface area contributed by atoms with Crippen LogP contribution >= 0.6 is 0 Å². The van der Waals surface area contributed by atoms with E-state index in [9.17, 15) is 0 Å². The molecule has 1 unspecified atom stereocenters. The van der Waals surface area contributed by atoms with Crippen LogP contribution in [0.15, 0.2) is 12.5 Å². The maximum Gasteiger partial charge on any atom is 0.0948 e. The number of nitrogens with one attached hydrogen (secondary N) is 1. The van der Waals surface area contributed by atoms with E-state index >= 15 is 0 Å². The number of nitrogens with zero attached hydrogens (tertiary/aromatic N) is 2. The zero-order chi connectivity index (χ0) is 13.5. The Balaban J connectivity index is 1.76. The number of unbranched alkanes of at least 4 members (excludes halogenated alkanes) is 1. The summed E-state index contributed by atoms with van der Waals surface area (Å²) in [6.45, 7) is 7.22. The molecule has 2 heterocycles. The molecule has 0 aromatic carbocycles. The fourth-order valence-corrected chi connectivity index (χ4v) is 2.62. The molecule has 2 rings (SSSR count). The summed E-state index contributed by atoms with van der Waals surface area (Å²) in [4.78, 5) is 4.32. The summed E-state index contributed by atoms with van der Waals surface area (Å²) < 4.78 is 7.87. The summed E-state index contributed by atoms with van der Waals surface area (Å²) in [5.41, 5.74) is 1.35. The van der Waals surface area contributed by atoms with E-state index in [1.54, 1.807) is 0 Å². The fraction of sp³-hybridized carbons (Fsp3) is 0.800. The molecule has 0 amide bonds. The Kier molecular flexibility index (Phi) is 5.86. The minimum atomic E-state index is 0.343. The molecule has 4 heteroatoms. The third-order valence-electron chi connectivity index (χ3n) is 3.66. The van der Waals surface area contributed by atoms with Gasteiger partial charge in [0.15, 0.2) is 0 Å². The highest BCUT2D eigenvalue weighted by molar-refractivity contribution is 5.06. The fourth-order valence-electron chi connectivity index (χ4n) is 2.62. The molecule has 4 nitrogen and oxygen atoms in total. The first-order chi connectivity index (χ1) is 9.27. The van der Waals surface area contributed by atoms with Crippen LogP contribution in [0.2, 0.25) is 0 Å². The van der Waals surface area contributed by atoms with Gasteiger partial charge in [-0.15, -0.1) is 0 Å². The number of imidazole rings is 1. The highest BCUT2D eigenvalue weighted by atomic mass is 16.5. The smallest absolute Gasteiger partial charge is 0.0948 e. The van der Waals surface area contributed by atoms with Crippen molar-refractivity contribution in [1.82, 2.24) is 14.9 Å². The molecule has 1 aromatic heterocycles. The van der Waals surface area contributed by atoms with Gasteiger partial charge in [0.05, 0.1) is 18.1 Å². The van der Waals surface area contributed by atoms with Gasteiger partial charge in [0.2, 0.25) is 0 Å². The molecule has 1 aromatic rings. The number of aryl methyl sites for hydroxylation is 1. The van der Waals surface area contributed by atoms with Crippen molar-refractivity contribution < 1.29 is 4.74 Å². The monoisotopic (exact) mass is 265 g/mol. The largest absolute Gasteiger partial charge is 0.379 e. The first-order valence-corrected chi connectivity index (χ1v) is 7.62. The van der Waals surface area contributed by atoms with E-state index in [0.717, 1.165) is 32.5 Å². The van der Waals surface area contributed by atoms with Crippen LogP contribution in [-0.4, -0.2) is 28.8 Å². The van der Waals surface area contributed by atoms with Gasteiger partial charge < -0.3 is 14.6 Å². The summed E-state index contributed by atoms with van der Waals surface area (Å²) in [6, 6.07) is 0.503. The molecule has 1 fully saturated rings. The van der Waals surface area contributed by atoms with E-state index in [1.165, 1.54) is 25.0 Å². The summed E-state index contributed by atoms with van der Waals surface area (Å²) in [5, 5.41) is 3.59. The van der Waals surface area contributed by atoms with Gasteiger partial charge in [-0.1, -0.05) is 6.42 Å². The van der Waals surface area contributed by atoms with Gasteiger partial charge in [-0.3, -0.25) is 0 Å². The Morgan fingerprint density at radius 1 is 1.42 bits per heavy atom. The van der Waals surface area contributed by atoms with E-state index in [1.807, 2.05) is 12.5 Å². The molecular formula is C15H27N3O. The van der Waals surface area contributed by atoms with Crippen LogP contribution in [0.4, 0.5) is 0 Å². The lowest BCUT2D eigenvalue weighted by Crippen LogP contribution is -2.28. The lowest BCUT2D eigenvalue weighted by Gasteiger charge is -2.24. The number of hydrogen-bond donors (Lipinski definition) is 1. The molecule has 0 saturated carbocycles. The average molecular weight is 265 g/mol. The molecule has 0 radical (unpaired) electrons. The third kappa shape index (κ3) is 4.62. The Morgan fingerprint density at radius 2 is 2.32 bits per heavy atom.